The molecule has 0 aliphatic carbocycles. The maximum atomic E-state index is 13.0. The fraction of sp³-hybridized carbons (Fsp3) is 0.350. The van der Waals surface area contributed by atoms with Crippen LogP contribution in [-0.2, 0) is 14.8 Å². The minimum absolute atomic E-state index is 0.00849. The summed E-state index contributed by atoms with van der Waals surface area (Å²) in [6, 6.07) is 9.61. The van der Waals surface area contributed by atoms with Gasteiger partial charge in [0.15, 0.2) is 5.60 Å². The van der Waals surface area contributed by atoms with Gasteiger partial charge in [0.1, 0.15) is 17.3 Å². The first-order valence-electron chi connectivity index (χ1n) is 9.03. The van der Waals surface area contributed by atoms with Gasteiger partial charge in [0.2, 0.25) is 10.0 Å². The normalized spacial score (nSPS) is 16.6. The van der Waals surface area contributed by atoms with Crippen LogP contribution >= 0.6 is 0 Å². The van der Waals surface area contributed by atoms with E-state index in [4.69, 9.17) is 9.47 Å². The predicted octanol–water partition coefficient (Wildman–Crippen LogP) is 2.91. The molecule has 2 aromatic carbocycles. The van der Waals surface area contributed by atoms with Crippen molar-refractivity contribution in [1.82, 2.24) is 4.72 Å². The molecular weight excluding hydrogens is 401 g/mol. The zero-order valence-electron chi connectivity index (χ0n) is 16.0. The summed E-state index contributed by atoms with van der Waals surface area (Å²) in [5.74, 6) is -0.851. The first kappa shape index (κ1) is 21.1. The van der Waals surface area contributed by atoms with E-state index in [1.807, 2.05) is 0 Å². The minimum atomic E-state index is -3.77. The Morgan fingerprint density at radius 3 is 2.62 bits per heavy atom. The summed E-state index contributed by atoms with van der Waals surface area (Å²) < 4.78 is 51.6. The smallest absolute Gasteiger partial charge is 0.347 e. The molecule has 0 saturated heterocycles. The molecule has 2 N–H and O–H groups in total. The van der Waals surface area contributed by atoms with Crippen LogP contribution < -0.4 is 14.2 Å². The topological polar surface area (TPSA) is 102 Å². The summed E-state index contributed by atoms with van der Waals surface area (Å²) in [7, 11) is -3.77. The summed E-state index contributed by atoms with van der Waals surface area (Å²) in [6.45, 7) is 3.43. The van der Waals surface area contributed by atoms with E-state index in [9.17, 15) is 22.7 Å². The third kappa shape index (κ3) is 4.86. The van der Waals surface area contributed by atoms with Gasteiger partial charge in [-0.3, -0.25) is 0 Å². The second kappa shape index (κ2) is 8.00. The summed E-state index contributed by atoms with van der Waals surface area (Å²) in [4.78, 5) is 11.2. The van der Waals surface area contributed by atoms with Crippen molar-refractivity contribution in [3.05, 3.63) is 53.8 Å². The molecule has 0 aromatic heterocycles. The molecule has 0 bridgehead atoms. The van der Waals surface area contributed by atoms with E-state index in [1.54, 1.807) is 18.2 Å². The van der Waals surface area contributed by atoms with Gasteiger partial charge in [-0.2, -0.15) is 0 Å². The van der Waals surface area contributed by atoms with Gasteiger partial charge in [0, 0.05) is 18.5 Å². The van der Waals surface area contributed by atoms with Crippen LogP contribution in [0.15, 0.2) is 47.4 Å². The lowest BCUT2D eigenvalue weighted by molar-refractivity contribution is -0.152. The maximum absolute atomic E-state index is 13.0. The van der Waals surface area contributed by atoms with Gasteiger partial charge in [-0.25, -0.2) is 22.3 Å². The Labute approximate surface area is 168 Å². The summed E-state index contributed by atoms with van der Waals surface area (Å²) in [5.41, 5.74) is -0.592. The number of hydrogen-bond acceptors (Lipinski definition) is 5. The van der Waals surface area contributed by atoms with Crippen molar-refractivity contribution in [2.24, 2.45) is 0 Å². The zero-order valence-corrected chi connectivity index (χ0v) is 16.8. The number of carboxylic acid groups (broad SMARTS) is 1. The molecule has 0 spiro atoms. The number of carbonyl (C=O) groups is 1. The van der Waals surface area contributed by atoms with Gasteiger partial charge >= 0.3 is 5.97 Å². The van der Waals surface area contributed by atoms with Crippen molar-refractivity contribution in [3.8, 4) is 11.5 Å². The number of sulfonamides is 1. The number of halogens is 1. The van der Waals surface area contributed by atoms with Crippen LogP contribution in [0.4, 0.5) is 4.39 Å². The molecular formula is C20H22FNO6S. The van der Waals surface area contributed by atoms with E-state index in [2.05, 4.69) is 4.72 Å². The molecule has 1 heterocycles. The van der Waals surface area contributed by atoms with Crippen molar-refractivity contribution in [2.45, 2.75) is 36.7 Å². The minimum Gasteiger partial charge on any atom is -0.493 e. The maximum Gasteiger partial charge on any atom is 0.347 e. The van der Waals surface area contributed by atoms with E-state index in [0.717, 1.165) is 17.7 Å². The Hall–Kier alpha value is -2.65. The number of hydrogen-bond donors (Lipinski definition) is 2. The number of aliphatic carboxylic acids is 1. The molecule has 29 heavy (non-hydrogen) atoms. The van der Waals surface area contributed by atoms with Gasteiger partial charge in [-0.05, 0) is 56.2 Å². The van der Waals surface area contributed by atoms with E-state index in [0.29, 0.717) is 24.5 Å². The van der Waals surface area contributed by atoms with Gasteiger partial charge in [-0.15, -0.1) is 0 Å². The molecule has 156 valence electrons. The standard InChI is InChI=1S/C20H22FNO6S/c1-20(2,19(23)24)28-15-5-8-17-13(9-10-27-18(17)11-15)12-22-29(25,26)16-6-3-14(21)4-7-16/h3-8,11,13,22H,9-10,12H2,1-2H3,(H,23,24). The van der Waals surface area contributed by atoms with E-state index in [-0.39, 0.29) is 17.4 Å². The second-order valence-corrected chi connectivity index (χ2v) is 9.02. The van der Waals surface area contributed by atoms with E-state index >= 15 is 0 Å². The second-order valence-electron chi connectivity index (χ2n) is 7.26. The van der Waals surface area contributed by atoms with Crippen LogP contribution in [0, 0.1) is 5.82 Å². The SMILES string of the molecule is CC(C)(Oc1ccc2c(c1)OCCC2CNS(=O)(=O)c1ccc(F)cc1)C(=O)O. The molecule has 0 radical (unpaired) electrons. The number of carboxylic acids is 1. The van der Waals surface area contributed by atoms with Crippen LogP contribution in [0.5, 0.6) is 11.5 Å². The first-order chi connectivity index (χ1) is 13.6. The Morgan fingerprint density at radius 1 is 1.28 bits per heavy atom. The van der Waals surface area contributed by atoms with Crippen molar-refractivity contribution in [1.29, 1.82) is 0 Å². The van der Waals surface area contributed by atoms with Gasteiger partial charge in [0.05, 0.1) is 11.5 Å². The van der Waals surface area contributed by atoms with E-state index in [1.165, 1.54) is 26.0 Å². The van der Waals surface area contributed by atoms with Gasteiger partial charge < -0.3 is 14.6 Å². The third-order valence-corrected chi connectivity index (χ3v) is 6.12. The molecule has 1 unspecified atom stereocenters. The molecule has 1 aliphatic rings. The third-order valence-electron chi connectivity index (χ3n) is 4.68. The monoisotopic (exact) mass is 423 g/mol. The average Bonchev–Trinajstić information content (AvgIpc) is 2.66. The van der Waals surface area contributed by atoms with Crippen molar-refractivity contribution >= 4 is 16.0 Å². The molecule has 0 fully saturated rings. The lowest BCUT2D eigenvalue weighted by Crippen LogP contribution is -2.37. The number of ether oxygens (including phenoxy) is 2. The molecule has 2 aromatic rings. The average molecular weight is 423 g/mol. The van der Waals surface area contributed by atoms with Crippen LogP contribution in [0.1, 0.15) is 31.7 Å². The van der Waals surface area contributed by atoms with Crippen LogP contribution in [0.25, 0.3) is 0 Å². The first-order valence-corrected chi connectivity index (χ1v) is 10.5. The zero-order chi connectivity index (χ0) is 21.2. The van der Waals surface area contributed by atoms with Crippen molar-refractivity contribution in [3.63, 3.8) is 0 Å². The highest BCUT2D eigenvalue weighted by atomic mass is 32.2. The van der Waals surface area contributed by atoms with Crippen molar-refractivity contribution < 1.29 is 32.2 Å². The highest BCUT2D eigenvalue weighted by molar-refractivity contribution is 7.89. The highest BCUT2D eigenvalue weighted by Gasteiger charge is 2.30. The number of nitrogens with one attached hydrogen (secondary N) is 1. The largest absolute Gasteiger partial charge is 0.493 e. The van der Waals surface area contributed by atoms with E-state index < -0.39 is 27.4 Å². The number of rotatable bonds is 7. The molecule has 9 heteroatoms. The van der Waals surface area contributed by atoms with Crippen LogP contribution in [0.2, 0.25) is 0 Å². The Balaban J connectivity index is 1.74. The Kier molecular flexibility index (Phi) is 5.81. The lowest BCUT2D eigenvalue weighted by atomic mass is 9.93. The van der Waals surface area contributed by atoms with Gasteiger partial charge in [0.25, 0.3) is 0 Å². The molecule has 1 atom stereocenters. The summed E-state index contributed by atoms with van der Waals surface area (Å²) >= 11 is 0. The van der Waals surface area contributed by atoms with Crippen LogP contribution in [0.3, 0.4) is 0 Å². The fourth-order valence-electron chi connectivity index (χ4n) is 2.96. The van der Waals surface area contributed by atoms with Gasteiger partial charge in [-0.1, -0.05) is 6.07 Å². The molecule has 3 rings (SSSR count). The number of fused-ring (bicyclic) bond motifs is 1. The Morgan fingerprint density at radius 2 is 1.97 bits per heavy atom. The predicted molar refractivity (Wildman–Crippen MR) is 103 cm³/mol. The summed E-state index contributed by atoms with van der Waals surface area (Å²) in [5, 5.41) is 9.20. The number of benzene rings is 2. The molecule has 1 aliphatic heterocycles. The quantitative estimate of drug-likeness (QED) is 0.710. The summed E-state index contributed by atoms with van der Waals surface area (Å²) in [6.07, 6.45) is 0.611. The van der Waals surface area contributed by atoms with Crippen LogP contribution in [-0.4, -0.2) is 38.2 Å². The molecule has 0 amide bonds. The highest BCUT2D eigenvalue weighted by Crippen LogP contribution is 2.37. The van der Waals surface area contributed by atoms with Crippen molar-refractivity contribution in [2.75, 3.05) is 13.2 Å². The Bertz CT molecular complexity index is 1000. The lowest BCUT2D eigenvalue weighted by Gasteiger charge is -2.28. The molecule has 0 saturated carbocycles. The molecule has 7 nitrogen and oxygen atoms in total. The fourth-order valence-corrected chi connectivity index (χ4v) is 4.05.